The van der Waals surface area contributed by atoms with Gasteiger partial charge in [0.05, 0.1) is 0 Å². The summed E-state index contributed by atoms with van der Waals surface area (Å²) in [5.41, 5.74) is 0.911. The van der Waals surface area contributed by atoms with Crippen molar-refractivity contribution in [1.29, 1.82) is 5.41 Å². The van der Waals surface area contributed by atoms with Gasteiger partial charge in [0.2, 0.25) is 0 Å². The number of rotatable bonds is 1. The molecule has 0 spiro atoms. The summed E-state index contributed by atoms with van der Waals surface area (Å²) >= 11 is 0. The molecule has 0 aromatic carbocycles. The molecule has 2 atom stereocenters. The molecule has 13 heavy (non-hydrogen) atoms. The van der Waals surface area contributed by atoms with Crippen LogP contribution in [0.5, 0.6) is 0 Å². The molecule has 1 rings (SSSR count). The quantitative estimate of drug-likeness (QED) is 0.591. The Balaban J connectivity index is 2.50. The maximum atomic E-state index is 7.76. The van der Waals surface area contributed by atoms with E-state index in [-0.39, 0.29) is 0 Å². The Hall–Kier alpha value is -0.330. The summed E-state index contributed by atoms with van der Waals surface area (Å²) in [6.07, 6.45) is 9.52. The van der Waals surface area contributed by atoms with Crippen molar-refractivity contribution < 1.29 is 0 Å². The minimum Gasteiger partial charge on any atom is -0.310 e. The summed E-state index contributed by atoms with van der Waals surface area (Å²) in [6.45, 7) is 4.31. The van der Waals surface area contributed by atoms with Crippen molar-refractivity contribution in [3.8, 4) is 0 Å². The van der Waals surface area contributed by atoms with E-state index in [1.54, 1.807) is 0 Å². The Labute approximate surface area is 82.4 Å². The largest absolute Gasteiger partial charge is 0.310 e. The molecule has 0 amide bonds. The van der Waals surface area contributed by atoms with E-state index in [1.807, 2.05) is 6.92 Å². The summed E-state index contributed by atoms with van der Waals surface area (Å²) in [5.74, 6) is 1.33. The van der Waals surface area contributed by atoms with E-state index < -0.39 is 0 Å². The highest BCUT2D eigenvalue weighted by atomic mass is 14.4. The highest BCUT2D eigenvalue weighted by Gasteiger charge is 2.19. The van der Waals surface area contributed by atoms with Crippen molar-refractivity contribution in [2.45, 2.75) is 58.8 Å². The van der Waals surface area contributed by atoms with Gasteiger partial charge in [-0.1, -0.05) is 45.4 Å². The van der Waals surface area contributed by atoms with E-state index in [0.29, 0.717) is 5.92 Å². The van der Waals surface area contributed by atoms with Crippen LogP contribution in [-0.2, 0) is 0 Å². The van der Waals surface area contributed by atoms with E-state index in [9.17, 15) is 0 Å². The van der Waals surface area contributed by atoms with Gasteiger partial charge in [-0.15, -0.1) is 0 Å². The lowest BCUT2D eigenvalue weighted by Gasteiger charge is -2.22. The maximum Gasteiger partial charge on any atom is 0.00917 e. The summed E-state index contributed by atoms with van der Waals surface area (Å²) in [5, 5.41) is 7.76. The lowest BCUT2D eigenvalue weighted by molar-refractivity contribution is 0.393. The first-order chi connectivity index (χ1) is 6.22. The zero-order chi connectivity index (χ0) is 9.68. The molecule has 0 heterocycles. The third-order valence-corrected chi connectivity index (χ3v) is 3.42. The first-order valence-corrected chi connectivity index (χ1v) is 5.77. The van der Waals surface area contributed by atoms with Crippen molar-refractivity contribution >= 4 is 5.71 Å². The lowest BCUT2D eigenvalue weighted by Crippen LogP contribution is -2.18. The second-order valence-corrected chi connectivity index (χ2v) is 4.61. The fourth-order valence-electron chi connectivity index (χ4n) is 2.49. The molecule has 0 aliphatic heterocycles. The predicted octanol–water partition coefficient (Wildman–Crippen LogP) is 4.02. The van der Waals surface area contributed by atoms with E-state index in [0.717, 1.165) is 11.6 Å². The van der Waals surface area contributed by atoms with Gasteiger partial charge < -0.3 is 5.41 Å². The first kappa shape index (κ1) is 10.7. The normalized spacial score (nSPS) is 31.5. The number of hydrogen-bond acceptors (Lipinski definition) is 1. The average molecular weight is 181 g/mol. The van der Waals surface area contributed by atoms with Crippen LogP contribution in [0, 0.1) is 17.2 Å². The van der Waals surface area contributed by atoms with Crippen LogP contribution in [0.3, 0.4) is 0 Å². The molecule has 0 bridgehead atoms. The van der Waals surface area contributed by atoms with Gasteiger partial charge in [-0.05, 0) is 25.2 Å². The Morgan fingerprint density at radius 1 is 1.00 bits per heavy atom. The molecular formula is C12H23N. The fourth-order valence-corrected chi connectivity index (χ4v) is 2.49. The summed E-state index contributed by atoms with van der Waals surface area (Å²) in [7, 11) is 0. The van der Waals surface area contributed by atoms with Gasteiger partial charge in [0.25, 0.3) is 0 Å². The van der Waals surface area contributed by atoms with Crippen molar-refractivity contribution in [3.63, 3.8) is 0 Å². The number of nitrogens with one attached hydrogen (secondary N) is 1. The first-order valence-electron chi connectivity index (χ1n) is 5.77. The van der Waals surface area contributed by atoms with E-state index >= 15 is 0 Å². The van der Waals surface area contributed by atoms with E-state index in [2.05, 4.69) is 6.92 Å². The summed E-state index contributed by atoms with van der Waals surface area (Å²) in [4.78, 5) is 0. The third kappa shape index (κ3) is 3.50. The van der Waals surface area contributed by atoms with Gasteiger partial charge in [0.1, 0.15) is 0 Å². The standard InChI is InChI=1S/C12H23N/c1-10-8-6-4-3-5-7-9-12(10)11(2)13/h10,12-13H,3-9H2,1-2H3. The SMILES string of the molecule is CC(=N)C1CCCCCCCC1C. The molecule has 1 fully saturated rings. The molecule has 76 valence electrons. The van der Waals surface area contributed by atoms with Gasteiger partial charge in [-0.2, -0.15) is 0 Å². The minimum absolute atomic E-state index is 0.582. The van der Waals surface area contributed by atoms with Gasteiger partial charge in [0, 0.05) is 5.71 Å². The van der Waals surface area contributed by atoms with E-state index in [4.69, 9.17) is 5.41 Å². The zero-order valence-corrected chi connectivity index (χ0v) is 9.10. The van der Waals surface area contributed by atoms with Crippen molar-refractivity contribution in [3.05, 3.63) is 0 Å². The molecule has 1 aliphatic rings. The van der Waals surface area contributed by atoms with Crippen LogP contribution in [0.15, 0.2) is 0 Å². The van der Waals surface area contributed by atoms with Crippen LogP contribution >= 0.6 is 0 Å². The molecule has 0 saturated heterocycles. The van der Waals surface area contributed by atoms with Crippen LogP contribution in [0.1, 0.15) is 58.8 Å². The van der Waals surface area contributed by atoms with Crippen molar-refractivity contribution in [2.75, 3.05) is 0 Å². The van der Waals surface area contributed by atoms with Gasteiger partial charge >= 0.3 is 0 Å². The Morgan fingerprint density at radius 3 is 2.15 bits per heavy atom. The molecule has 0 aromatic heterocycles. The van der Waals surface area contributed by atoms with Crippen LogP contribution in [0.4, 0.5) is 0 Å². The Bertz CT molecular complexity index is 163. The summed E-state index contributed by atoms with van der Waals surface area (Å²) in [6, 6.07) is 0. The second-order valence-electron chi connectivity index (χ2n) is 4.61. The monoisotopic (exact) mass is 181 g/mol. The molecule has 0 radical (unpaired) electrons. The smallest absolute Gasteiger partial charge is 0.00917 e. The van der Waals surface area contributed by atoms with E-state index in [1.165, 1.54) is 44.9 Å². The lowest BCUT2D eigenvalue weighted by atomic mass is 9.84. The average Bonchev–Trinajstić information content (AvgIpc) is 2.16. The molecule has 1 N–H and O–H groups in total. The molecule has 1 aliphatic carbocycles. The predicted molar refractivity (Wildman–Crippen MR) is 58.4 cm³/mol. The highest BCUT2D eigenvalue weighted by Crippen LogP contribution is 2.27. The zero-order valence-electron chi connectivity index (χ0n) is 9.10. The maximum absolute atomic E-state index is 7.76. The van der Waals surface area contributed by atoms with Gasteiger partial charge in [-0.3, -0.25) is 0 Å². The molecular weight excluding hydrogens is 158 g/mol. The van der Waals surface area contributed by atoms with Gasteiger partial charge in [0.15, 0.2) is 0 Å². The van der Waals surface area contributed by atoms with Crippen molar-refractivity contribution in [2.24, 2.45) is 11.8 Å². The molecule has 2 unspecified atom stereocenters. The highest BCUT2D eigenvalue weighted by molar-refractivity contribution is 5.81. The minimum atomic E-state index is 0.582. The summed E-state index contributed by atoms with van der Waals surface area (Å²) < 4.78 is 0. The number of hydrogen-bond donors (Lipinski definition) is 1. The van der Waals surface area contributed by atoms with Crippen molar-refractivity contribution in [1.82, 2.24) is 0 Å². The van der Waals surface area contributed by atoms with Gasteiger partial charge in [-0.25, -0.2) is 0 Å². The third-order valence-electron chi connectivity index (χ3n) is 3.42. The fraction of sp³-hybridized carbons (Fsp3) is 0.917. The van der Waals surface area contributed by atoms with Crippen LogP contribution < -0.4 is 0 Å². The molecule has 1 saturated carbocycles. The Kier molecular flexibility index (Phi) is 4.47. The molecule has 1 nitrogen and oxygen atoms in total. The van der Waals surface area contributed by atoms with Crippen LogP contribution in [-0.4, -0.2) is 5.71 Å². The molecule has 0 aromatic rings. The molecule has 1 heteroatoms. The van der Waals surface area contributed by atoms with Crippen LogP contribution in [0.25, 0.3) is 0 Å². The Morgan fingerprint density at radius 2 is 1.54 bits per heavy atom. The van der Waals surface area contributed by atoms with Crippen LogP contribution in [0.2, 0.25) is 0 Å². The second kappa shape index (κ2) is 5.41. The topological polar surface area (TPSA) is 23.9 Å².